The number of rotatable bonds is 2. The highest BCUT2D eigenvalue weighted by Gasteiger charge is 2.59. The largest absolute Gasteiger partial charge is 0.296 e. The fourth-order valence-electron chi connectivity index (χ4n) is 1.08. The summed E-state index contributed by atoms with van der Waals surface area (Å²) in [5.74, 6) is -2.63. The third kappa shape index (κ3) is 1.01. The van der Waals surface area contributed by atoms with Gasteiger partial charge in [-0.3, -0.25) is 9.48 Å². The molecule has 12 heavy (non-hydrogen) atoms. The minimum absolute atomic E-state index is 0.174. The van der Waals surface area contributed by atoms with E-state index in [1.807, 2.05) is 0 Å². The third-order valence-electron chi connectivity index (χ3n) is 1.86. The van der Waals surface area contributed by atoms with Gasteiger partial charge in [0.05, 0.1) is 0 Å². The van der Waals surface area contributed by atoms with Crippen molar-refractivity contribution < 1.29 is 13.6 Å². The number of halogens is 2. The van der Waals surface area contributed by atoms with Gasteiger partial charge in [0.2, 0.25) is 0 Å². The molecule has 0 saturated heterocycles. The molecule has 1 unspecified atom stereocenters. The summed E-state index contributed by atoms with van der Waals surface area (Å²) < 4.78 is 26.0. The molecule has 2 rings (SSSR count). The number of alkyl halides is 2. The Morgan fingerprint density at radius 1 is 1.75 bits per heavy atom. The number of aromatic nitrogens is 2. The van der Waals surface area contributed by atoms with Crippen LogP contribution in [-0.2, 0) is 0 Å². The maximum atomic E-state index is 12.4. The minimum atomic E-state index is -2.63. The Kier molecular flexibility index (Phi) is 1.31. The molecule has 64 valence electrons. The maximum Gasteiger partial charge on any atom is 0.272 e. The summed E-state index contributed by atoms with van der Waals surface area (Å²) in [5.41, 5.74) is 0.192. The first-order valence-corrected chi connectivity index (χ1v) is 3.51. The van der Waals surface area contributed by atoms with Crippen molar-refractivity contribution in [3.05, 3.63) is 18.0 Å². The Morgan fingerprint density at radius 3 is 2.83 bits per heavy atom. The predicted octanol–water partition coefficient (Wildman–Crippen LogP) is 1.28. The Labute approximate surface area is 67.0 Å². The molecule has 5 heteroatoms. The van der Waals surface area contributed by atoms with Crippen LogP contribution in [0.2, 0.25) is 0 Å². The molecule has 0 radical (unpaired) electrons. The van der Waals surface area contributed by atoms with E-state index >= 15 is 0 Å². The molecule has 0 N–H and O–H groups in total. The lowest BCUT2D eigenvalue weighted by Crippen LogP contribution is -2.03. The van der Waals surface area contributed by atoms with Gasteiger partial charge in [0.15, 0.2) is 6.29 Å². The lowest BCUT2D eigenvalue weighted by molar-refractivity contribution is 0.0978. The molecule has 3 nitrogen and oxygen atoms in total. The van der Waals surface area contributed by atoms with E-state index in [-0.39, 0.29) is 12.1 Å². The Hall–Kier alpha value is -1.26. The zero-order valence-corrected chi connectivity index (χ0v) is 6.08. The predicted molar refractivity (Wildman–Crippen MR) is 36.2 cm³/mol. The van der Waals surface area contributed by atoms with E-state index in [9.17, 15) is 13.6 Å². The number of hydrogen-bond donors (Lipinski definition) is 0. The van der Waals surface area contributed by atoms with Crippen LogP contribution in [-0.4, -0.2) is 22.0 Å². The number of hydrogen-bond acceptors (Lipinski definition) is 2. The number of aldehydes is 1. The molecule has 1 aliphatic rings. The van der Waals surface area contributed by atoms with Gasteiger partial charge < -0.3 is 0 Å². The van der Waals surface area contributed by atoms with Crippen LogP contribution in [0, 0.1) is 0 Å². The van der Waals surface area contributed by atoms with Crippen molar-refractivity contribution in [3.63, 3.8) is 0 Å². The summed E-state index contributed by atoms with van der Waals surface area (Å²) in [6.07, 6.45) is 1.76. The first-order valence-electron chi connectivity index (χ1n) is 3.51. The van der Waals surface area contributed by atoms with Crippen LogP contribution in [0.1, 0.15) is 23.0 Å². The molecule has 0 bridgehead atoms. The zero-order chi connectivity index (χ0) is 8.77. The second kappa shape index (κ2) is 2.12. The minimum Gasteiger partial charge on any atom is -0.296 e. The van der Waals surface area contributed by atoms with E-state index in [0.29, 0.717) is 6.29 Å². The first kappa shape index (κ1) is 7.39. The monoisotopic (exact) mass is 172 g/mol. The molecule has 1 atom stereocenters. The van der Waals surface area contributed by atoms with E-state index in [1.165, 1.54) is 12.3 Å². The molecule has 0 aromatic carbocycles. The Morgan fingerprint density at radius 2 is 2.42 bits per heavy atom. The van der Waals surface area contributed by atoms with Crippen LogP contribution in [0.15, 0.2) is 12.3 Å². The van der Waals surface area contributed by atoms with Crippen molar-refractivity contribution in [2.24, 2.45) is 0 Å². The van der Waals surface area contributed by atoms with Gasteiger partial charge in [0.25, 0.3) is 5.92 Å². The second-order valence-electron chi connectivity index (χ2n) is 2.82. The highest BCUT2D eigenvalue weighted by Crippen LogP contribution is 2.51. The van der Waals surface area contributed by atoms with Gasteiger partial charge in [-0.15, -0.1) is 0 Å². The summed E-state index contributed by atoms with van der Waals surface area (Å²) in [4.78, 5) is 10.2. The molecular weight excluding hydrogens is 166 g/mol. The molecule has 1 saturated carbocycles. The maximum absolute atomic E-state index is 12.4. The Balaban J connectivity index is 2.20. The molecule has 0 aliphatic heterocycles. The van der Waals surface area contributed by atoms with Crippen LogP contribution >= 0.6 is 0 Å². The van der Waals surface area contributed by atoms with Gasteiger partial charge in [0, 0.05) is 12.6 Å². The van der Waals surface area contributed by atoms with E-state index in [2.05, 4.69) is 5.10 Å². The summed E-state index contributed by atoms with van der Waals surface area (Å²) in [5, 5.41) is 3.65. The fraction of sp³-hybridized carbons (Fsp3) is 0.429. The molecule has 1 aromatic heterocycles. The quantitative estimate of drug-likeness (QED) is 0.630. The van der Waals surface area contributed by atoms with Crippen molar-refractivity contribution >= 4 is 6.29 Å². The normalized spacial score (nSPS) is 25.3. The fourth-order valence-corrected chi connectivity index (χ4v) is 1.08. The van der Waals surface area contributed by atoms with Crippen molar-refractivity contribution in [3.8, 4) is 0 Å². The lowest BCUT2D eigenvalue weighted by atomic mass is 10.5. The van der Waals surface area contributed by atoms with Crippen LogP contribution in [0.3, 0.4) is 0 Å². The van der Waals surface area contributed by atoms with Crippen molar-refractivity contribution in [1.29, 1.82) is 0 Å². The highest BCUT2D eigenvalue weighted by atomic mass is 19.3. The van der Waals surface area contributed by atoms with Gasteiger partial charge in [0.1, 0.15) is 11.7 Å². The molecular formula is C7H6F2N2O. The van der Waals surface area contributed by atoms with E-state index in [1.54, 1.807) is 0 Å². The number of carbonyl (C=O) groups is 1. The van der Waals surface area contributed by atoms with Gasteiger partial charge in [-0.2, -0.15) is 5.10 Å². The first-order chi connectivity index (χ1) is 5.63. The average Bonchev–Trinajstić information content (AvgIpc) is 2.52. The van der Waals surface area contributed by atoms with Crippen molar-refractivity contribution in [2.75, 3.05) is 0 Å². The molecule has 1 aromatic rings. The topological polar surface area (TPSA) is 34.9 Å². The number of nitrogens with zero attached hydrogens (tertiary/aromatic N) is 2. The molecule has 0 spiro atoms. The van der Waals surface area contributed by atoms with E-state index in [4.69, 9.17) is 0 Å². The summed E-state index contributed by atoms with van der Waals surface area (Å²) in [6, 6.07) is 0.577. The zero-order valence-electron chi connectivity index (χ0n) is 6.08. The van der Waals surface area contributed by atoms with Crippen LogP contribution < -0.4 is 0 Å². The average molecular weight is 172 g/mol. The third-order valence-corrected chi connectivity index (χ3v) is 1.86. The van der Waals surface area contributed by atoms with E-state index < -0.39 is 12.0 Å². The molecule has 1 heterocycles. The van der Waals surface area contributed by atoms with Crippen LogP contribution in [0.25, 0.3) is 0 Å². The van der Waals surface area contributed by atoms with E-state index in [0.717, 1.165) is 4.68 Å². The molecule has 1 fully saturated rings. The lowest BCUT2D eigenvalue weighted by Gasteiger charge is -1.96. The highest BCUT2D eigenvalue weighted by molar-refractivity contribution is 5.71. The van der Waals surface area contributed by atoms with Gasteiger partial charge in [-0.25, -0.2) is 8.78 Å². The summed E-state index contributed by atoms with van der Waals surface area (Å²) in [7, 11) is 0. The summed E-state index contributed by atoms with van der Waals surface area (Å²) in [6.45, 7) is 0. The van der Waals surface area contributed by atoms with Crippen LogP contribution in [0.4, 0.5) is 8.78 Å². The number of carbonyl (C=O) groups excluding carboxylic acids is 1. The smallest absolute Gasteiger partial charge is 0.272 e. The van der Waals surface area contributed by atoms with Gasteiger partial charge in [-0.1, -0.05) is 0 Å². The summed E-state index contributed by atoms with van der Waals surface area (Å²) >= 11 is 0. The molecule has 0 amide bonds. The van der Waals surface area contributed by atoms with Gasteiger partial charge in [-0.05, 0) is 6.07 Å². The van der Waals surface area contributed by atoms with Crippen LogP contribution in [0.5, 0.6) is 0 Å². The van der Waals surface area contributed by atoms with Crippen molar-refractivity contribution in [2.45, 2.75) is 18.4 Å². The van der Waals surface area contributed by atoms with Gasteiger partial charge >= 0.3 is 0 Å². The molecule has 1 aliphatic carbocycles. The second-order valence-corrected chi connectivity index (χ2v) is 2.82. The Bertz CT molecular complexity index is 321. The SMILES string of the molecule is O=Cc1ccn(C2CC2(F)F)n1. The van der Waals surface area contributed by atoms with Crippen molar-refractivity contribution in [1.82, 2.24) is 9.78 Å². The standard InChI is InChI=1S/C7H6F2N2O/c8-7(9)3-6(7)11-2-1-5(4-12)10-11/h1-2,4,6H,3H2.